The predicted octanol–water partition coefficient (Wildman–Crippen LogP) is 1.61. The second-order valence-corrected chi connectivity index (χ2v) is 5.14. The molecule has 7 nitrogen and oxygen atoms in total. The van der Waals surface area contributed by atoms with Crippen molar-refractivity contribution in [3.05, 3.63) is 28.7 Å². The van der Waals surface area contributed by atoms with E-state index in [0.29, 0.717) is 12.3 Å². The molecule has 0 heterocycles. The number of esters is 1. The Morgan fingerprint density at radius 1 is 1.23 bits per heavy atom. The van der Waals surface area contributed by atoms with Gasteiger partial charge >= 0.3 is 12.0 Å². The van der Waals surface area contributed by atoms with Gasteiger partial charge in [-0.15, -0.1) is 0 Å². The lowest BCUT2D eigenvalue weighted by Gasteiger charge is -2.13. The van der Waals surface area contributed by atoms with Crippen LogP contribution < -0.4 is 15.4 Å². The Balaban J connectivity index is 2.35. The first kappa shape index (κ1) is 18.0. The van der Waals surface area contributed by atoms with Gasteiger partial charge in [-0.25, -0.2) is 9.59 Å². The number of urea groups is 1. The molecule has 0 aliphatic heterocycles. The van der Waals surface area contributed by atoms with E-state index in [4.69, 9.17) is 9.47 Å². The molecule has 0 unspecified atom stereocenters. The van der Waals surface area contributed by atoms with Crippen LogP contribution in [-0.2, 0) is 14.3 Å². The van der Waals surface area contributed by atoms with Gasteiger partial charge in [0.05, 0.1) is 0 Å². The van der Waals surface area contributed by atoms with E-state index in [2.05, 4.69) is 26.6 Å². The molecule has 0 saturated heterocycles. The summed E-state index contributed by atoms with van der Waals surface area (Å²) in [5.41, 5.74) is 0. The van der Waals surface area contributed by atoms with Crippen molar-refractivity contribution in [2.24, 2.45) is 0 Å². The Labute approximate surface area is 136 Å². The summed E-state index contributed by atoms with van der Waals surface area (Å²) in [7, 11) is 0. The van der Waals surface area contributed by atoms with Gasteiger partial charge in [0.2, 0.25) is 0 Å². The maximum atomic E-state index is 11.6. The highest BCUT2D eigenvalue weighted by Gasteiger charge is 2.19. The van der Waals surface area contributed by atoms with Gasteiger partial charge in [-0.2, -0.15) is 0 Å². The summed E-state index contributed by atoms with van der Waals surface area (Å²) in [6, 6.07) is 6.26. The minimum Gasteiger partial charge on any atom is -0.482 e. The van der Waals surface area contributed by atoms with Gasteiger partial charge < -0.3 is 14.8 Å². The molecule has 0 spiro atoms. The summed E-state index contributed by atoms with van der Waals surface area (Å²) in [5, 5.41) is 4.45. The fourth-order valence-electron chi connectivity index (χ4n) is 1.38. The number of carbonyl (C=O) groups is 3. The lowest BCUT2D eigenvalue weighted by atomic mass is 10.3. The number of benzene rings is 1. The average molecular weight is 373 g/mol. The van der Waals surface area contributed by atoms with Gasteiger partial charge in [0.1, 0.15) is 5.75 Å². The van der Waals surface area contributed by atoms with Gasteiger partial charge in [-0.05, 0) is 38.1 Å². The fraction of sp³-hybridized carbons (Fsp3) is 0.357. The van der Waals surface area contributed by atoms with Crippen molar-refractivity contribution in [1.82, 2.24) is 10.6 Å². The molecular formula is C14H17BrN2O5. The highest BCUT2D eigenvalue weighted by Crippen LogP contribution is 2.15. The molecule has 1 rings (SSSR count). The summed E-state index contributed by atoms with van der Waals surface area (Å²) in [6.07, 6.45) is -1.09. The first-order valence-corrected chi connectivity index (χ1v) is 7.38. The van der Waals surface area contributed by atoms with E-state index in [1.165, 1.54) is 6.92 Å². The molecule has 120 valence electrons. The minimum absolute atomic E-state index is 0.333. The van der Waals surface area contributed by atoms with Gasteiger partial charge in [0.15, 0.2) is 12.7 Å². The minimum atomic E-state index is -1.09. The molecule has 1 atom stereocenters. The zero-order chi connectivity index (χ0) is 16.5. The van der Waals surface area contributed by atoms with Crippen LogP contribution >= 0.6 is 15.9 Å². The zero-order valence-electron chi connectivity index (χ0n) is 12.2. The summed E-state index contributed by atoms with van der Waals surface area (Å²) in [6.45, 7) is 3.13. The van der Waals surface area contributed by atoms with Crippen molar-refractivity contribution < 1.29 is 23.9 Å². The Morgan fingerprint density at radius 3 is 2.45 bits per heavy atom. The number of nitrogens with one attached hydrogen (secondary N) is 2. The van der Waals surface area contributed by atoms with Crippen LogP contribution in [0.5, 0.6) is 5.75 Å². The number of hydrogen-bond donors (Lipinski definition) is 2. The molecule has 0 saturated carbocycles. The Morgan fingerprint density at radius 2 is 1.86 bits per heavy atom. The van der Waals surface area contributed by atoms with Crippen LogP contribution in [0.4, 0.5) is 4.79 Å². The van der Waals surface area contributed by atoms with Gasteiger partial charge in [-0.1, -0.05) is 15.9 Å². The normalized spacial score (nSPS) is 11.2. The summed E-state index contributed by atoms with van der Waals surface area (Å²) in [4.78, 5) is 34.3. The number of rotatable bonds is 6. The predicted molar refractivity (Wildman–Crippen MR) is 82.4 cm³/mol. The molecule has 0 aliphatic rings. The second kappa shape index (κ2) is 9.04. The quantitative estimate of drug-likeness (QED) is 0.739. The van der Waals surface area contributed by atoms with Crippen molar-refractivity contribution in [3.63, 3.8) is 0 Å². The highest BCUT2D eigenvalue weighted by atomic mass is 79.9. The fourth-order valence-corrected chi connectivity index (χ4v) is 1.64. The topological polar surface area (TPSA) is 93.7 Å². The lowest BCUT2D eigenvalue weighted by molar-refractivity contribution is -0.156. The molecule has 0 bridgehead atoms. The largest absolute Gasteiger partial charge is 0.482 e. The Bertz CT molecular complexity index is 533. The summed E-state index contributed by atoms with van der Waals surface area (Å²) in [5.74, 6) is -0.913. The van der Waals surface area contributed by atoms with Gasteiger partial charge in [0.25, 0.3) is 5.91 Å². The molecule has 0 radical (unpaired) electrons. The smallest absolute Gasteiger partial charge is 0.344 e. The summed E-state index contributed by atoms with van der Waals surface area (Å²) >= 11 is 3.28. The third-order valence-corrected chi connectivity index (χ3v) is 2.95. The van der Waals surface area contributed by atoms with E-state index in [-0.39, 0.29) is 6.61 Å². The van der Waals surface area contributed by atoms with Gasteiger partial charge in [-0.3, -0.25) is 10.1 Å². The Kier molecular flexibility index (Phi) is 7.38. The highest BCUT2D eigenvalue weighted by molar-refractivity contribution is 9.10. The SMILES string of the molecule is CCNC(=O)NC(=O)[C@@H](C)OC(=O)COc1ccc(Br)cc1. The van der Waals surface area contributed by atoms with Crippen LogP contribution in [0.2, 0.25) is 0 Å². The van der Waals surface area contributed by atoms with E-state index in [0.717, 1.165) is 4.47 Å². The number of amides is 3. The third-order valence-electron chi connectivity index (χ3n) is 2.42. The average Bonchev–Trinajstić information content (AvgIpc) is 2.46. The van der Waals surface area contributed by atoms with Crippen LogP contribution in [0.15, 0.2) is 28.7 Å². The molecule has 1 aromatic carbocycles. The van der Waals surface area contributed by atoms with E-state index >= 15 is 0 Å². The van der Waals surface area contributed by atoms with Crippen LogP contribution in [0, 0.1) is 0 Å². The molecule has 8 heteroatoms. The number of halogens is 1. The molecule has 1 aromatic rings. The lowest BCUT2D eigenvalue weighted by Crippen LogP contribution is -2.44. The van der Waals surface area contributed by atoms with Crippen molar-refractivity contribution in [2.45, 2.75) is 20.0 Å². The number of carbonyl (C=O) groups excluding carboxylic acids is 3. The molecule has 3 amide bonds. The first-order valence-electron chi connectivity index (χ1n) is 6.59. The number of imide groups is 1. The van der Waals surface area contributed by atoms with Crippen molar-refractivity contribution in [2.75, 3.05) is 13.2 Å². The number of hydrogen-bond acceptors (Lipinski definition) is 5. The maximum Gasteiger partial charge on any atom is 0.344 e. The van der Waals surface area contributed by atoms with Crippen LogP contribution in [0.25, 0.3) is 0 Å². The standard InChI is InChI=1S/C14H17BrN2O5/c1-3-16-14(20)17-13(19)9(2)22-12(18)8-21-11-6-4-10(15)5-7-11/h4-7,9H,3,8H2,1-2H3,(H2,16,17,19,20)/t9-/m1/s1. The van der Waals surface area contributed by atoms with E-state index < -0.39 is 24.0 Å². The number of ether oxygens (including phenoxy) is 2. The first-order chi connectivity index (χ1) is 10.4. The molecular weight excluding hydrogens is 356 g/mol. The second-order valence-electron chi connectivity index (χ2n) is 4.22. The van der Waals surface area contributed by atoms with Crippen LogP contribution in [0.3, 0.4) is 0 Å². The van der Waals surface area contributed by atoms with E-state index in [1.54, 1.807) is 31.2 Å². The van der Waals surface area contributed by atoms with Gasteiger partial charge in [0, 0.05) is 11.0 Å². The summed E-state index contributed by atoms with van der Waals surface area (Å²) < 4.78 is 11.0. The molecule has 2 N–H and O–H groups in total. The molecule has 0 aromatic heterocycles. The maximum absolute atomic E-state index is 11.6. The van der Waals surface area contributed by atoms with Crippen molar-refractivity contribution >= 4 is 33.8 Å². The molecule has 22 heavy (non-hydrogen) atoms. The van der Waals surface area contributed by atoms with Crippen molar-refractivity contribution in [1.29, 1.82) is 0 Å². The zero-order valence-corrected chi connectivity index (χ0v) is 13.8. The monoisotopic (exact) mass is 372 g/mol. The van der Waals surface area contributed by atoms with Crippen LogP contribution in [-0.4, -0.2) is 37.2 Å². The third kappa shape index (κ3) is 6.57. The molecule has 0 fully saturated rings. The van der Waals surface area contributed by atoms with E-state index in [1.807, 2.05) is 0 Å². The van der Waals surface area contributed by atoms with Crippen molar-refractivity contribution in [3.8, 4) is 5.75 Å². The molecule has 0 aliphatic carbocycles. The van der Waals surface area contributed by atoms with E-state index in [9.17, 15) is 14.4 Å². The van der Waals surface area contributed by atoms with Crippen LogP contribution in [0.1, 0.15) is 13.8 Å². The Hall–Kier alpha value is -2.09.